The molecule has 0 fully saturated rings. The van der Waals surface area contributed by atoms with Gasteiger partial charge >= 0.3 is 0 Å². The highest BCUT2D eigenvalue weighted by molar-refractivity contribution is 6.36. The van der Waals surface area contributed by atoms with Gasteiger partial charge in [0.05, 0.1) is 29.3 Å². The van der Waals surface area contributed by atoms with Gasteiger partial charge in [0.1, 0.15) is 11.4 Å². The predicted octanol–water partition coefficient (Wildman–Crippen LogP) is 3.78. The average Bonchev–Trinajstić information content (AvgIpc) is 3.05. The van der Waals surface area contributed by atoms with Crippen LogP contribution < -0.4 is 10.1 Å². The Morgan fingerprint density at radius 1 is 1.00 bits per heavy atom. The largest absolute Gasteiger partial charge is 0.492 e. The van der Waals surface area contributed by atoms with Gasteiger partial charge < -0.3 is 10.1 Å². The van der Waals surface area contributed by atoms with Crippen molar-refractivity contribution in [1.29, 1.82) is 0 Å². The zero-order chi connectivity index (χ0) is 23.4. The van der Waals surface area contributed by atoms with Crippen LogP contribution in [0, 0.1) is 10.1 Å². The number of imide groups is 1. The van der Waals surface area contributed by atoms with Crippen molar-refractivity contribution in [2.24, 2.45) is 0 Å². The highest BCUT2D eigenvalue weighted by Gasteiger charge is 2.39. The Balaban J connectivity index is 1.76. The lowest BCUT2D eigenvalue weighted by atomic mass is 10.0. The number of carbonyl (C=O) groups excluding carboxylic acids is 2. The lowest BCUT2D eigenvalue weighted by Crippen LogP contribution is -2.32. The smallest absolute Gasteiger partial charge is 0.278 e. The summed E-state index contributed by atoms with van der Waals surface area (Å²) in [4.78, 5) is 42.4. The van der Waals surface area contributed by atoms with Crippen LogP contribution in [0.5, 0.6) is 5.75 Å². The van der Waals surface area contributed by atoms with Crippen LogP contribution in [0.25, 0.3) is 5.57 Å². The standard InChI is InChI=1S/C24H20N4O5/c1-2-33-20-6-4-3-5-19(20)26-22-21(17-7-9-18(10-8-17)28(31)32)23(29)27(24(22)30)15-16-11-13-25-14-12-16/h3-14,26H,2,15H2,1H3. The number of rotatable bonds is 8. The van der Waals surface area contributed by atoms with Gasteiger partial charge in [0.15, 0.2) is 0 Å². The van der Waals surface area contributed by atoms with Gasteiger partial charge in [-0.3, -0.25) is 29.6 Å². The number of nitrogens with zero attached hydrogens (tertiary/aromatic N) is 3. The van der Waals surface area contributed by atoms with Gasteiger partial charge in [-0.05, 0) is 54.4 Å². The molecule has 1 aliphatic heterocycles. The molecule has 1 N–H and O–H groups in total. The third kappa shape index (κ3) is 4.42. The summed E-state index contributed by atoms with van der Waals surface area (Å²) >= 11 is 0. The number of para-hydroxylation sites is 2. The number of non-ortho nitro benzene ring substituents is 1. The third-order valence-corrected chi connectivity index (χ3v) is 5.07. The second-order valence-electron chi connectivity index (χ2n) is 7.16. The molecule has 0 atom stereocenters. The SMILES string of the molecule is CCOc1ccccc1NC1=C(c2ccc([N+](=O)[O-])cc2)C(=O)N(Cc2ccncc2)C1=O. The van der Waals surface area contributed by atoms with E-state index in [9.17, 15) is 19.7 Å². The molecule has 0 aliphatic carbocycles. The third-order valence-electron chi connectivity index (χ3n) is 5.07. The summed E-state index contributed by atoms with van der Waals surface area (Å²) in [5.74, 6) is -0.470. The number of benzene rings is 2. The molecule has 0 unspecified atom stereocenters. The number of nitro benzene ring substituents is 1. The maximum Gasteiger partial charge on any atom is 0.278 e. The first-order chi connectivity index (χ1) is 16.0. The van der Waals surface area contributed by atoms with E-state index in [4.69, 9.17) is 4.74 Å². The molecule has 3 aromatic rings. The summed E-state index contributed by atoms with van der Waals surface area (Å²) in [6.45, 7) is 2.34. The fourth-order valence-electron chi connectivity index (χ4n) is 3.51. The monoisotopic (exact) mass is 444 g/mol. The van der Waals surface area contributed by atoms with Crippen molar-refractivity contribution in [3.8, 4) is 5.75 Å². The Hall–Kier alpha value is -4.53. The summed E-state index contributed by atoms with van der Waals surface area (Å²) in [7, 11) is 0. The van der Waals surface area contributed by atoms with E-state index in [0.717, 1.165) is 10.5 Å². The minimum absolute atomic E-state index is 0.0644. The maximum atomic E-state index is 13.4. The first-order valence-electron chi connectivity index (χ1n) is 10.2. The molecular formula is C24H20N4O5. The van der Waals surface area contributed by atoms with E-state index >= 15 is 0 Å². The number of ether oxygens (including phenoxy) is 1. The van der Waals surface area contributed by atoms with Crippen LogP contribution in [0.3, 0.4) is 0 Å². The molecule has 33 heavy (non-hydrogen) atoms. The van der Waals surface area contributed by atoms with E-state index in [2.05, 4.69) is 10.3 Å². The number of amides is 2. The van der Waals surface area contributed by atoms with E-state index in [1.165, 1.54) is 24.3 Å². The van der Waals surface area contributed by atoms with Crippen molar-refractivity contribution in [3.63, 3.8) is 0 Å². The summed E-state index contributed by atoms with van der Waals surface area (Å²) < 4.78 is 5.64. The van der Waals surface area contributed by atoms with Crippen LogP contribution in [0.2, 0.25) is 0 Å². The minimum Gasteiger partial charge on any atom is -0.492 e. The van der Waals surface area contributed by atoms with Crippen molar-refractivity contribution in [1.82, 2.24) is 9.88 Å². The maximum absolute atomic E-state index is 13.4. The van der Waals surface area contributed by atoms with Crippen LogP contribution in [0.1, 0.15) is 18.1 Å². The number of anilines is 1. The Kier molecular flexibility index (Phi) is 6.12. The lowest BCUT2D eigenvalue weighted by molar-refractivity contribution is -0.384. The molecule has 0 radical (unpaired) electrons. The van der Waals surface area contributed by atoms with Gasteiger partial charge in [0, 0.05) is 24.5 Å². The quantitative estimate of drug-likeness (QED) is 0.319. The van der Waals surface area contributed by atoms with E-state index in [1.54, 1.807) is 48.8 Å². The molecule has 9 heteroatoms. The molecule has 0 bridgehead atoms. The predicted molar refractivity (Wildman–Crippen MR) is 121 cm³/mol. The van der Waals surface area contributed by atoms with Crippen LogP contribution in [-0.4, -0.2) is 33.2 Å². The molecule has 1 aliphatic rings. The molecule has 2 heterocycles. The Morgan fingerprint density at radius 3 is 2.36 bits per heavy atom. The normalized spacial score (nSPS) is 13.4. The van der Waals surface area contributed by atoms with Gasteiger partial charge in [-0.2, -0.15) is 0 Å². The van der Waals surface area contributed by atoms with Crippen LogP contribution in [-0.2, 0) is 16.1 Å². The Morgan fingerprint density at radius 2 is 1.70 bits per heavy atom. The lowest BCUT2D eigenvalue weighted by Gasteiger charge is -2.16. The zero-order valence-corrected chi connectivity index (χ0v) is 17.7. The van der Waals surface area contributed by atoms with Crippen LogP contribution in [0.4, 0.5) is 11.4 Å². The molecule has 9 nitrogen and oxygen atoms in total. The fourth-order valence-corrected chi connectivity index (χ4v) is 3.51. The number of aromatic nitrogens is 1. The summed E-state index contributed by atoms with van der Waals surface area (Å²) in [6, 6.07) is 16.1. The molecule has 0 spiro atoms. The van der Waals surface area contributed by atoms with E-state index < -0.39 is 16.7 Å². The van der Waals surface area contributed by atoms with E-state index in [0.29, 0.717) is 23.6 Å². The summed E-state index contributed by atoms with van der Waals surface area (Å²) in [6.07, 6.45) is 3.17. The summed E-state index contributed by atoms with van der Waals surface area (Å²) in [5.41, 5.74) is 1.77. The fraction of sp³-hybridized carbons (Fsp3) is 0.125. The van der Waals surface area contributed by atoms with Crippen LogP contribution in [0.15, 0.2) is 78.8 Å². The second-order valence-corrected chi connectivity index (χ2v) is 7.16. The molecule has 4 rings (SSSR count). The summed E-state index contributed by atoms with van der Waals surface area (Å²) in [5, 5.41) is 14.1. The Bertz CT molecular complexity index is 1240. The van der Waals surface area contributed by atoms with Crippen molar-refractivity contribution in [2.45, 2.75) is 13.5 Å². The number of nitrogens with one attached hydrogen (secondary N) is 1. The van der Waals surface area contributed by atoms with Gasteiger partial charge in [0.2, 0.25) is 0 Å². The van der Waals surface area contributed by atoms with Crippen LogP contribution >= 0.6 is 0 Å². The highest BCUT2D eigenvalue weighted by atomic mass is 16.6. The molecule has 1 aromatic heterocycles. The number of hydrogen-bond acceptors (Lipinski definition) is 7. The van der Waals surface area contributed by atoms with Gasteiger partial charge in [-0.1, -0.05) is 12.1 Å². The van der Waals surface area contributed by atoms with Crippen molar-refractivity contribution in [2.75, 3.05) is 11.9 Å². The molecule has 166 valence electrons. The Labute approximate surface area is 189 Å². The molecule has 2 amide bonds. The first kappa shape index (κ1) is 21.7. The molecule has 0 saturated carbocycles. The van der Waals surface area contributed by atoms with Crippen molar-refractivity contribution in [3.05, 3.63) is 100.0 Å². The second kappa shape index (κ2) is 9.31. The van der Waals surface area contributed by atoms with Gasteiger partial charge in [0.25, 0.3) is 17.5 Å². The number of carbonyl (C=O) groups is 2. The van der Waals surface area contributed by atoms with Gasteiger partial charge in [-0.15, -0.1) is 0 Å². The van der Waals surface area contributed by atoms with E-state index in [1.807, 2.05) is 6.92 Å². The minimum atomic E-state index is -0.521. The molecule has 0 saturated heterocycles. The zero-order valence-electron chi connectivity index (χ0n) is 17.7. The number of nitro groups is 1. The highest BCUT2D eigenvalue weighted by Crippen LogP contribution is 2.34. The van der Waals surface area contributed by atoms with Crippen molar-refractivity contribution >= 4 is 28.8 Å². The van der Waals surface area contributed by atoms with Gasteiger partial charge in [-0.25, -0.2) is 0 Å². The number of pyridine rings is 1. The van der Waals surface area contributed by atoms with Crippen molar-refractivity contribution < 1.29 is 19.2 Å². The van der Waals surface area contributed by atoms with E-state index in [-0.39, 0.29) is 23.5 Å². The first-order valence-corrected chi connectivity index (χ1v) is 10.2. The number of hydrogen-bond donors (Lipinski definition) is 1. The molecule has 2 aromatic carbocycles. The molecular weight excluding hydrogens is 424 g/mol. The average molecular weight is 444 g/mol. The topological polar surface area (TPSA) is 115 Å².